The standard InChI is InChI=1S/C20H31N3O3S/c1-13-7-15(11-20(2,3)10-13)22-19(27)23-21-12-14-8-17(25-5)18(26-6)9-16(14)24-4/h8-9,12-13,15H,7,10-11H2,1-6H3,(H2,22,23,27)/b21-12-/t13-,15-/m0/s1. The Hall–Kier alpha value is -2.02. The van der Waals surface area contributed by atoms with Crippen molar-refractivity contribution < 1.29 is 14.2 Å². The molecule has 0 unspecified atom stereocenters. The van der Waals surface area contributed by atoms with Gasteiger partial charge in [-0.3, -0.25) is 5.43 Å². The van der Waals surface area contributed by atoms with Gasteiger partial charge < -0.3 is 19.5 Å². The first-order valence-electron chi connectivity index (χ1n) is 9.17. The Labute approximate surface area is 167 Å². The number of thiocarbonyl (C=S) groups is 1. The van der Waals surface area contributed by atoms with Crippen LogP contribution in [0, 0.1) is 11.3 Å². The van der Waals surface area contributed by atoms with Crippen LogP contribution < -0.4 is 25.0 Å². The van der Waals surface area contributed by atoms with Crippen LogP contribution in [-0.4, -0.2) is 38.7 Å². The molecule has 1 fully saturated rings. The van der Waals surface area contributed by atoms with Crippen LogP contribution in [0.4, 0.5) is 0 Å². The van der Waals surface area contributed by atoms with Gasteiger partial charge in [0.2, 0.25) is 0 Å². The van der Waals surface area contributed by atoms with Crippen LogP contribution in [0.5, 0.6) is 17.2 Å². The summed E-state index contributed by atoms with van der Waals surface area (Å²) in [6, 6.07) is 3.95. The minimum atomic E-state index is 0.335. The predicted octanol–water partition coefficient (Wildman–Crippen LogP) is 3.73. The van der Waals surface area contributed by atoms with Crippen LogP contribution in [0.2, 0.25) is 0 Å². The van der Waals surface area contributed by atoms with Crippen molar-refractivity contribution in [1.82, 2.24) is 10.7 Å². The first-order chi connectivity index (χ1) is 12.8. The van der Waals surface area contributed by atoms with E-state index in [9.17, 15) is 0 Å². The van der Waals surface area contributed by atoms with Crippen LogP contribution in [-0.2, 0) is 0 Å². The van der Waals surface area contributed by atoms with Crippen molar-refractivity contribution in [1.29, 1.82) is 0 Å². The van der Waals surface area contributed by atoms with Crippen LogP contribution in [0.1, 0.15) is 45.6 Å². The summed E-state index contributed by atoms with van der Waals surface area (Å²) >= 11 is 5.40. The number of nitrogens with one attached hydrogen (secondary N) is 2. The Kier molecular flexibility index (Phi) is 7.30. The van der Waals surface area contributed by atoms with Gasteiger partial charge in [-0.2, -0.15) is 5.10 Å². The molecular formula is C20H31N3O3S. The third-order valence-corrected chi connectivity index (χ3v) is 5.04. The number of benzene rings is 1. The van der Waals surface area contributed by atoms with Crippen molar-refractivity contribution in [2.75, 3.05) is 21.3 Å². The first-order valence-corrected chi connectivity index (χ1v) is 9.58. The molecule has 0 amide bonds. The molecule has 0 heterocycles. The van der Waals surface area contributed by atoms with E-state index in [1.165, 1.54) is 6.42 Å². The van der Waals surface area contributed by atoms with Crippen molar-refractivity contribution in [2.24, 2.45) is 16.4 Å². The number of hydrazone groups is 1. The molecule has 150 valence electrons. The average Bonchev–Trinajstić information content (AvgIpc) is 2.59. The average molecular weight is 394 g/mol. The molecule has 2 N–H and O–H groups in total. The maximum Gasteiger partial charge on any atom is 0.187 e. The van der Waals surface area contributed by atoms with Gasteiger partial charge in [0.05, 0.1) is 27.5 Å². The second-order valence-electron chi connectivity index (χ2n) is 7.90. The fourth-order valence-corrected chi connectivity index (χ4v) is 4.21. The molecule has 27 heavy (non-hydrogen) atoms. The second-order valence-corrected chi connectivity index (χ2v) is 8.31. The van der Waals surface area contributed by atoms with Crippen LogP contribution in [0.15, 0.2) is 17.2 Å². The smallest absolute Gasteiger partial charge is 0.187 e. The molecule has 2 atom stereocenters. The summed E-state index contributed by atoms with van der Waals surface area (Å²) < 4.78 is 16.0. The Morgan fingerprint density at radius 1 is 1.11 bits per heavy atom. The van der Waals surface area contributed by atoms with Gasteiger partial charge in [-0.05, 0) is 48.9 Å². The number of nitrogens with zero attached hydrogens (tertiary/aromatic N) is 1. The molecule has 1 aromatic rings. The van der Waals surface area contributed by atoms with Crippen molar-refractivity contribution in [3.63, 3.8) is 0 Å². The van der Waals surface area contributed by atoms with Crippen molar-refractivity contribution >= 4 is 23.5 Å². The normalized spacial score (nSPS) is 21.6. The summed E-state index contributed by atoms with van der Waals surface area (Å²) in [5, 5.41) is 8.17. The zero-order valence-corrected chi connectivity index (χ0v) is 17.9. The lowest BCUT2D eigenvalue weighted by Gasteiger charge is -2.39. The lowest BCUT2D eigenvalue weighted by molar-refractivity contribution is 0.161. The van der Waals surface area contributed by atoms with Crippen molar-refractivity contribution in [2.45, 2.75) is 46.1 Å². The summed E-state index contributed by atoms with van der Waals surface area (Å²) in [5.74, 6) is 2.54. The molecule has 0 bridgehead atoms. The third kappa shape index (κ3) is 5.99. The molecular weight excluding hydrogens is 362 g/mol. The van der Waals surface area contributed by atoms with Gasteiger partial charge in [0, 0.05) is 17.7 Å². The maximum absolute atomic E-state index is 5.40. The molecule has 1 aliphatic rings. The highest BCUT2D eigenvalue weighted by molar-refractivity contribution is 7.80. The number of rotatable bonds is 6. The largest absolute Gasteiger partial charge is 0.496 e. The van der Waals surface area contributed by atoms with E-state index in [0.29, 0.717) is 39.7 Å². The van der Waals surface area contributed by atoms with Gasteiger partial charge in [-0.1, -0.05) is 20.8 Å². The van der Waals surface area contributed by atoms with Gasteiger partial charge in [-0.15, -0.1) is 0 Å². The van der Waals surface area contributed by atoms with E-state index in [1.54, 1.807) is 33.6 Å². The van der Waals surface area contributed by atoms with E-state index in [-0.39, 0.29) is 0 Å². The fraction of sp³-hybridized carbons (Fsp3) is 0.600. The summed E-state index contributed by atoms with van der Waals surface area (Å²) in [4.78, 5) is 0. The Bertz CT molecular complexity index is 691. The highest BCUT2D eigenvalue weighted by Gasteiger charge is 2.32. The minimum absolute atomic E-state index is 0.335. The highest BCUT2D eigenvalue weighted by Crippen LogP contribution is 2.38. The zero-order chi connectivity index (χ0) is 20.0. The van der Waals surface area contributed by atoms with Gasteiger partial charge >= 0.3 is 0 Å². The fourth-order valence-electron chi connectivity index (χ4n) is 3.99. The third-order valence-electron chi connectivity index (χ3n) is 4.83. The molecule has 0 saturated heterocycles. The maximum atomic E-state index is 5.40. The number of hydrogen-bond acceptors (Lipinski definition) is 5. The van der Waals surface area contributed by atoms with Gasteiger partial charge in [0.25, 0.3) is 0 Å². The molecule has 0 spiro atoms. The molecule has 1 aromatic carbocycles. The second kappa shape index (κ2) is 9.26. The monoisotopic (exact) mass is 393 g/mol. The molecule has 2 rings (SSSR count). The van der Waals surface area contributed by atoms with Crippen LogP contribution >= 0.6 is 12.2 Å². The van der Waals surface area contributed by atoms with Gasteiger partial charge in [0.1, 0.15) is 5.75 Å². The Morgan fingerprint density at radius 3 is 2.33 bits per heavy atom. The zero-order valence-electron chi connectivity index (χ0n) is 17.1. The summed E-state index contributed by atoms with van der Waals surface area (Å²) in [6.07, 6.45) is 5.13. The van der Waals surface area contributed by atoms with Gasteiger partial charge in [-0.25, -0.2) is 0 Å². The lowest BCUT2D eigenvalue weighted by atomic mass is 9.71. The first kappa shape index (κ1) is 21.3. The van der Waals surface area contributed by atoms with E-state index < -0.39 is 0 Å². The van der Waals surface area contributed by atoms with E-state index in [2.05, 4.69) is 36.6 Å². The summed E-state index contributed by atoms with van der Waals surface area (Å²) in [7, 11) is 4.78. The predicted molar refractivity (Wildman–Crippen MR) is 113 cm³/mol. The molecule has 1 saturated carbocycles. The minimum Gasteiger partial charge on any atom is -0.496 e. The summed E-state index contributed by atoms with van der Waals surface area (Å²) in [5.41, 5.74) is 4.00. The molecule has 0 radical (unpaired) electrons. The van der Waals surface area contributed by atoms with E-state index in [4.69, 9.17) is 26.4 Å². The SMILES string of the molecule is COc1cc(OC)c(OC)cc1/C=N\NC(=S)N[C@H]1C[C@H](C)CC(C)(C)C1. The number of hydrogen-bond donors (Lipinski definition) is 2. The Balaban J connectivity index is 1.99. The van der Waals surface area contributed by atoms with E-state index in [1.807, 2.05) is 6.07 Å². The van der Waals surface area contributed by atoms with Crippen molar-refractivity contribution in [3.8, 4) is 17.2 Å². The number of ether oxygens (including phenoxy) is 3. The van der Waals surface area contributed by atoms with E-state index >= 15 is 0 Å². The molecule has 6 nitrogen and oxygen atoms in total. The molecule has 0 aromatic heterocycles. The quantitative estimate of drug-likeness (QED) is 0.436. The molecule has 7 heteroatoms. The van der Waals surface area contributed by atoms with E-state index in [0.717, 1.165) is 18.4 Å². The van der Waals surface area contributed by atoms with Gasteiger partial charge in [0.15, 0.2) is 16.6 Å². The highest BCUT2D eigenvalue weighted by atomic mass is 32.1. The van der Waals surface area contributed by atoms with Crippen molar-refractivity contribution in [3.05, 3.63) is 17.7 Å². The molecule has 0 aliphatic heterocycles. The summed E-state index contributed by atoms with van der Waals surface area (Å²) in [6.45, 7) is 6.93. The topological polar surface area (TPSA) is 64.1 Å². The lowest BCUT2D eigenvalue weighted by Crippen LogP contribution is -2.45. The number of methoxy groups -OCH3 is 3. The van der Waals surface area contributed by atoms with Crippen LogP contribution in [0.3, 0.4) is 0 Å². The molecule has 1 aliphatic carbocycles. The Morgan fingerprint density at radius 2 is 1.74 bits per heavy atom. The van der Waals surface area contributed by atoms with Crippen LogP contribution in [0.25, 0.3) is 0 Å².